The predicted octanol–water partition coefficient (Wildman–Crippen LogP) is 3.32. The molecule has 1 aliphatic carbocycles. The van der Waals surface area contributed by atoms with Crippen molar-refractivity contribution in [3.05, 3.63) is 53.6 Å². The van der Waals surface area contributed by atoms with Crippen LogP contribution in [0.4, 0.5) is 0 Å². The van der Waals surface area contributed by atoms with Crippen molar-refractivity contribution in [3.8, 4) is 11.5 Å². The van der Waals surface area contributed by atoms with Gasteiger partial charge in [0, 0.05) is 6.54 Å². The van der Waals surface area contributed by atoms with Crippen LogP contribution >= 0.6 is 0 Å². The van der Waals surface area contributed by atoms with Crippen LogP contribution in [-0.4, -0.2) is 28.2 Å². The van der Waals surface area contributed by atoms with Gasteiger partial charge in [0.05, 0.1) is 11.5 Å². The van der Waals surface area contributed by atoms with Gasteiger partial charge in [0.25, 0.3) is 0 Å². The Kier molecular flexibility index (Phi) is 6.16. The molecule has 0 bridgehead atoms. The molecule has 2 aromatic carbocycles. The van der Waals surface area contributed by atoms with Gasteiger partial charge in [-0.05, 0) is 74.1 Å². The summed E-state index contributed by atoms with van der Waals surface area (Å²) in [4.78, 5) is 0.220. The molecular formula is C20H25NO4S. The second-order valence-corrected chi connectivity index (χ2v) is 8.02. The molecule has 5 nitrogen and oxygen atoms in total. The summed E-state index contributed by atoms with van der Waals surface area (Å²) in [5.41, 5.74) is 2.62. The normalized spacial score (nSPS) is 13.9. The molecule has 1 N–H and O–H groups in total. The lowest BCUT2D eigenvalue weighted by molar-refractivity contribution is 0.318. The SMILES string of the molecule is CCOc1ccc(S(=O)(=O)NCCOc2cccc3c2CCCC3)cc1. The molecular weight excluding hydrogens is 350 g/mol. The molecule has 0 atom stereocenters. The maximum atomic E-state index is 12.3. The third kappa shape index (κ3) is 4.56. The monoisotopic (exact) mass is 375 g/mol. The van der Waals surface area contributed by atoms with Gasteiger partial charge in [0.1, 0.15) is 18.1 Å². The standard InChI is InChI=1S/C20H25NO4S/c1-2-24-17-10-12-18(13-11-17)26(22,23)21-14-15-25-20-9-5-7-16-6-3-4-8-19(16)20/h5,7,9-13,21H,2-4,6,8,14-15H2,1H3. The molecule has 0 fully saturated rings. The quantitative estimate of drug-likeness (QED) is 0.719. The van der Waals surface area contributed by atoms with Crippen molar-refractivity contribution in [2.24, 2.45) is 0 Å². The van der Waals surface area contributed by atoms with Gasteiger partial charge in [0.2, 0.25) is 10.0 Å². The van der Waals surface area contributed by atoms with Crippen molar-refractivity contribution < 1.29 is 17.9 Å². The van der Waals surface area contributed by atoms with Crippen LogP contribution in [0, 0.1) is 0 Å². The zero-order chi connectivity index (χ0) is 18.4. The fraction of sp³-hybridized carbons (Fsp3) is 0.400. The van der Waals surface area contributed by atoms with Gasteiger partial charge in [-0.3, -0.25) is 0 Å². The number of ether oxygens (including phenoxy) is 2. The molecule has 0 radical (unpaired) electrons. The van der Waals surface area contributed by atoms with Gasteiger partial charge in [-0.2, -0.15) is 0 Å². The largest absolute Gasteiger partial charge is 0.494 e. The second kappa shape index (κ2) is 8.56. The van der Waals surface area contributed by atoms with Crippen molar-refractivity contribution in [2.75, 3.05) is 19.8 Å². The van der Waals surface area contributed by atoms with E-state index in [1.54, 1.807) is 24.3 Å². The van der Waals surface area contributed by atoms with Gasteiger partial charge >= 0.3 is 0 Å². The molecule has 0 saturated carbocycles. The smallest absolute Gasteiger partial charge is 0.240 e. The summed E-state index contributed by atoms with van der Waals surface area (Å²) in [5.74, 6) is 1.53. The van der Waals surface area contributed by atoms with Crippen molar-refractivity contribution in [2.45, 2.75) is 37.5 Å². The van der Waals surface area contributed by atoms with E-state index in [-0.39, 0.29) is 11.4 Å². The van der Waals surface area contributed by atoms with Crippen molar-refractivity contribution in [3.63, 3.8) is 0 Å². The summed E-state index contributed by atoms with van der Waals surface area (Å²) in [5, 5.41) is 0. The molecule has 3 rings (SSSR count). The van der Waals surface area contributed by atoms with Gasteiger partial charge in [0.15, 0.2) is 0 Å². The van der Waals surface area contributed by atoms with Crippen LogP contribution in [0.25, 0.3) is 0 Å². The van der Waals surface area contributed by atoms with E-state index in [4.69, 9.17) is 9.47 Å². The molecule has 0 aliphatic heterocycles. The Morgan fingerprint density at radius 1 is 1.00 bits per heavy atom. The Hall–Kier alpha value is -2.05. The summed E-state index contributed by atoms with van der Waals surface area (Å²) in [6.07, 6.45) is 4.52. The molecule has 0 unspecified atom stereocenters. The minimum absolute atomic E-state index is 0.220. The number of rotatable bonds is 8. The zero-order valence-electron chi connectivity index (χ0n) is 15.0. The van der Waals surface area contributed by atoms with E-state index >= 15 is 0 Å². The van der Waals surface area contributed by atoms with E-state index in [9.17, 15) is 8.42 Å². The third-order valence-corrected chi connectivity index (χ3v) is 5.93. The first kappa shape index (κ1) is 18.7. The summed E-state index contributed by atoms with van der Waals surface area (Å²) in [6, 6.07) is 12.5. The van der Waals surface area contributed by atoms with Gasteiger partial charge in [-0.1, -0.05) is 12.1 Å². The number of aryl methyl sites for hydroxylation is 1. The van der Waals surface area contributed by atoms with Crippen molar-refractivity contribution in [1.82, 2.24) is 4.72 Å². The van der Waals surface area contributed by atoms with Crippen LogP contribution in [0.2, 0.25) is 0 Å². The average molecular weight is 375 g/mol. The number of fused-ring (bicyclic) bond motifs is 1. The number of sulfonamides is 1. The molecule has 2 aromatic rings. The number of nitrogens with one attached hydrogen (secondary N) is 1. The van der Waals surface area contributed by atoms with E-state index < -0.39 is 10.0 Å². The minimum atomic E-state index is -3.55. The first-order chi connectivity index (χ1) is 12.6. The molecule has 26 heavy (non-hydrogen) atoms. The van der Waals surface area contributed by atoms with Gasteiger partial charge in [-0.15, -0.1) is 0 Å². The van der Waals surface area contributed by atoms with E-state index in [1.807, 2.05) is 19.1 Å². The summed E-state index contributed by atoms with van der Waals surface area (Å²) in [6.45, 7) is 2.95. The average Bonchev–Trinajstić information content (AvgIpc) is 2.66. The summed E-state index contributed by atoms with van der Waals surface area (Å²) in [7, 11) is -3.55. The fourth-order valence-corrected chi connectivity index (χ4v) is 4.20. The van der Waals surface area contributed by atoms with Crippen LogP contribution in [0.5, 0.6) is 11.5 Å². The lowest BCUT2D eigenvalue weighted by atomic mass is 9.91. The highest BCUT2D eigenvalue weighted by Crippen LogP contribution is 2.29. The molecule has 140 valence electrons. The highest BCUT2D eigenvalue weighted by atomic mass is 32.2. The van der Waals surface area contributed by atoms with Crippen molar-refractivity contribution >= 4 is 10.0 Å². The van der Waals surface area contributed by atoms with Crippen LogP contribution in [-0.2, 0) is 22.9 Å². The second-order valence-electron chi connectivity index (χ2n) is 6.25. The third-order valence-electron chi connectivity index (χ3n) is 4.45. The lowest BCUT2D eigenvalue weighted by Gasteiger charge is -2.19. The maximum absolute atomic E-state index is 12.3. The van der Waals surface area contributed by atoms with E-state index in [0.717, 1.165) is 18.6 Å². The molecule has 0 aromatic heterocycles. The molecule has 0 saturated heterocycles. The Morgan fingerprint density at radius 2 is 1.77 bits per heavy atom. The lowest BCUT2D eigenvalue weighted by Crippen LogP contribution is -2.28. The number of benzene rings is 2. The van der Waals surface area contributed by atoms with E-state index in [2.05, 4.69) is 10.8 Å². The van der Waals surface area contributed by atoms with Crippen LogP contribution < -0.4 is 14.2 Å². The summed E-state index contributed by atoms with van der Waals surface area (Å²) >= 11 is 0. The number of hydrogen-bond donors (Lipinski definition) is 1. The molecule has 6 heteroatoms. The maximum Gasteiger partial charge on any atom is 0.240 e. The van der Waals surface area contributed by atoms with Crippen LogP contribution in [0.3, 0.4) is 0 Å². The van der Waals surface area contributed by atoms with E-state index in [1.165, 1.54) is 24.0 Å². The molecule has 0 heterocycles. The van der Waals surface area contributed by atoms with Gasteiger partial charge in [-0.25, -0.2) is 13.1 Å². The Bertz CT molecular complexity index is 831. The van der Waals surface area contributed by atoms with Crippen molar-refractivity contribution in [1.29, 1.82) is 0 Å². The Balaban J connectivity index is 1.54. The van der Waals surface area contributed by atoms with E-state index in [0.29, 0.717) is 19.0 Å². The first-order valence-electron chi connectivity index (χ1n) is 9.06. The highest BCUT2D eigenvalue weighted by molar-refractivity contribution is 7.89. The van der Waals surface area contributed by atoms with Crippen LogP contribution in [0.1, 0.15) is 30.9 Å². The predicted molar refractivity (Wildman–Crippen MR) is 101 cm³/mol. The first-order valence-corrected chi connectivity index (χ1v) is 10.5. The zero-order valence-corrected chi connectivity index (χ0v) is 15.8. The van der Waals surface area contributed by atoms with Crippen LogP contribution in [0.15, 0.2) is 47.4 Å². The summed E-state index contributed by atoms with van der Waals surface area (Å²) < 4.78 is 38.4. The van der Waals surface area contributed by atoms with Gasteiger partial charge < -0.3 is 9.47 Å². The highest BCUT2D eigenvalue weighted by Gasteiger charge is 2.15. The molecule has 1 aliphatic rings. The Morgan fingerprint density at radius 3 is 2.54 bits per heavy atom. The molecule has 0 spiro atoms. The molecule has 0 amide bonds. The fourth-order valence-electron chi connectivity index (χ4n) is 3.18. The topological polar surface area (TPSA) is 64.6 Å². The Labute approximate surface area is 155 Å². The number of hydrogen-bond acceptors (Lipinski definition) is 4. The minimum Gasteiger partial charge on any atom is -0.494 e.